The summed E-state index contributed by atoms with van der Waals surface area (Å²) in [7, 11) is 0. The average Bonchev–Trinajstić information content (AvgIpc) is 3.55. The maximum absolute atomic E-state index is 13.8. The van der Waals surface area contributed by atoms with E-state index < -0.39 is 8.95 Å². The Kier molecular flexibility index (Phi) is 6.71. The zero-order chi connectivity index (χ0) is 28.0. The second-order valence-electron chi connectivity index (χ2n) is 9.77. The summed E-state index contributed by atoms with van der Waals surface area (Å²) < 4.78 is -1.40. The number of ketones is 1. The third-order valence-corrected chi connectivity index (χ3v) is 11.2. The highest BCUT2D eigenvalue weighted by Gasteiger charge is 2.61. The van der Waals surface area contributed by atoms with Crippen molar-refractivity contribution in [2.45, 2.75) is 8.95 Å². The van der Waals surface area contributed by atoms with E-state index in [1.807, 2.05) is 89.9 Å². The van der Waals surface area contributed by atoms with Crippen molar-refractivity contribution in [2.75, 3.05) is 5.01 Å². The van der Waals surface area contributed by atoms with Gasteiger partial charge >= 0.3 is 0 Å². The molecule has 1 atom stereocenters. The Hall–Kier alpha value is -3.48. The number of anilines is 1. The number of halogens is 2. The van der Waals surface area contributed by atoms with Gasteiger partial charge < -0.3 is 0 Å². The number of Topliss-reactive ketones (excluding diaryl/α,β-unsaturated/α-hetero) is 1. The number of carbonyl (C=O) groups excluding carboxylic acids is 1. The van der Waals surface area contributed by atoms with Crippen LogP contribution in [-0.4, -0.2) is 10.8 Å². The first-order chi connectivity index (χ1) is 20.0. The highest BCUT2D eigenvalue weighted by atomic mass is 35.5. The van der Waals surface area contributed by atoms with E-state index in [1.165, 1.54) is 11.8 Å². The Morgan fingerprint density at radius 3 is 1.73 bits per heavy atom. The lowest BCUT2D eigenvalue weighted by atomic mass is 9.82. The van der Waals surface area contributed by atoms with Crippen molar-refractivity contribution < 1.29 is 4.79 Å². The van der Waals surface area contributed by atoms with Gasteiger partial charge in [0.25, 0.3) is 0 Å². The fourth-order valence-electron chi connectivity index (χ4n) is 5.53. The molecule has 7 heteroatoms. The number of benzene rings is 5. The van der Waals surface area contributed by atoms with Crippen LogP contribution in [0.4, 0.5) is 5.69 Å². The molecule has 0 saturated carbocycles. The number of nitrogens with zero attached hydrogens (tertiary/aromatic N) is 2. The fourth-order valence-corrected chi connectivity index (χ4v) is 9.41. The molecule has 200 valence electrons. The standard InChI is InChI=1S/C34H22Cl2N2OS2/c35-26-19-15-24(16-20-26)33(25-17-21-27(36)22-18-25)29-13-7-8-14-30(29)34(41-33)38(28-11-5-2-6-12-28)37-32(40-34)31(39)23-9-3-1-4-10-23/h1-22H/t34-/m1/s1. The summed E-state index contributed by atoms with van der Waals surface area (Å²) in [5.41, 5.74) is 5.89. The number of para-hydroxylation sites is 1. The van der Waals surface area contributed by atoms with Crippen LogP contribution >= 0.6 is 46.7 Å². The third-order valence-electron chi connectivity index (χ3n) is 7.38. The zero-order valence-corrected chi connectivity index (χ0v) is 24.7. The van der Waals surface area contributed by atoms with Crippen molar-refractivity contribution in [2.24, 2.45) is 5.10 Å². The van der Waals surface area contributed by atoms with Gasteiger partial charge in [-0.05, 0) is 53.1 Å². The molecule has 0 unspecified atom stereocenters. The first kappa shape index (κ1) is 26.4. The van der Waals surface area contributed by atoms with Crippen molar-refractivity contribution >= 4 is 63.2 Å². The molecule has 3 nitrogen and oxygen atoms in total. The van der Waals surface area contributed by atoms with Gasteiger partial charge in [0.15, 0.2) is 9.25 Å². The van der Waals surface area contributed by atoms with Gasteiger partial charge in [-0.15, -0.1) is 0 Å². The summed E-state index contributed by atoms with van der Waals surface area (Å²) in [6.45, 7) is 0. The normalized spacial score (nSPS) is 18.8. The average molecular weight is 610 g/mol. The van der Waals surface area contributed by atoms with Gasteiger partial charge in [0.2, 0.25) is 5.78 Å². The SMILES string of the molecule is O=C(C1=NN(c2ccccc2)[C@]2(S1)SC(c1ccc(Cl)cc1)(c1ccc(Cl)cc1)c1ccccc12)c1ccccc1. The fraction of sp³-hybridized carbons (Fsp3) is 0.0588. The van der Waals surface area contributed by atoms with Crippen molar-refractivity contribution in [3.63, 3.8) is 0 Å². The van der Waals surface area contributed by atoms with Crippen molar-refractivity contribution in [3.05, 3.63) is 171 Å². The maximum atomic E-state index is 13.8. The van der Waals surface area contributed by atoms with Gasteiger partial charge in [-0.25, -0.2) is 5.01 Å². The highest BCUT2D eigenvalue weighted by Crippen LogP contribution is 2.71. The predicted molar refractivity (Wildman–Crippen MR) is 173 cm³/mol. The molecule has 0 N–H and O–H groups in total. The largest absolute Gasteiger partial charge is 0.286 e. The number of rotatable bonds is 5. The van der Waals surface area contributed by atoms with Gasteiger partial charge in [-0.3, -0.25) is 4.79 Å². The van der Waals surface area contributed by atoms with E-state index >= 15 is 0 Å². The molecule has 0 radical (unpaired) electrons. The Morgan fingerprint density at radius 1 is 0.634 bits per heavy atom. The van der Waals surface area contributed by atoms with E-state index in [-0.39, 0.29) is 5.78 Å². The van der Waals surface area contributed by atoms with E-state index in [2.05, 4.69) is 48.5 Å². The molecule has 7 rings (SSSR count). The van der Waals surface area contributed by atoms with E-state index in [0.29, 0.717) is 20.7 Å². The summed E-state index contributed by atoms with van der Waals surface area (Å²) in [5, 5.41) is 8.86. The Balaban J connectivity index is 1.48. The van der Waals surface area contributed by atoms with Crippen LogP contribution < -0.4 is 5.01 Å². The summed E-state index contributed by atoms with van der Waals surface area (Å²) in [5.74, 6) is -0.0954. The summed E-state index contributed by atoms with van der Waals surface area (Å²) in [6.07, 6.45) is 0. The molecule has 0 saturated heterocycles. The van der Waals surface area contributed by atoms with Gasteiger partial charge in [0.1, 0.15) is 0 Å². The molecule has 0 amide bonds. The topological polar surface area (TPSA) is 32.7 Å². The van der Waals surface area contributed by atoms with Crippen LogP contribution in [0.3, 0.4) is 0 Å². The smallest absolute Gasteiger partial charge is 0.219 e. The third kappa shape index (κ3) is 4.31. The van der Waals surface area contributed by atoms with Crippen LogP contribution in [0, 0.1) is 0 Å². The van der Waals surface area contributed by atoms with Crippen LogP contribution in [0.1, 0.15) is 32.6 Å². The van der Waals surface area contributed by atoms with Crippen LogP contribution in [-0.2, 0) is 8.95 Å². The van der Waals surface area contributed by atoms with Crippen LogP contribution in [0.5, 0.6) is 0 Å². The number of carbonyl (C=O) groups is 1. The minimum absolute atomic E-state index is 0.0954. The van der Waals surface area contributed by atoms with Gasteiger partial charge in [0.05, 0.1) is 10.4 Å². The van der Waals surface area contributed by atoms with E-state index in [0.717, 1.165) is 27.9 Å². The second-order valence-corrected chi connectivity index (χ2v) is 13.5. The summed E-state index contributed by atoms with van der Waals surface area (Å²) >= 11 is 16.0. The number of thioether (sulfide) groups is 2. The Bertz CT molecular complexity index is 1730. The van der Waals surface area contributed by atoms with Crippen LogP contribution in [0.2, 0.25) is 10.0 Å². The lowest BCUT2D eigenvalue weighted by Crippen LogP contribution is -2.34. The van der Waals surface area contributed by atoms with Gasteiger partial charge in [-0.2, -0.15) is 5.10 Å². The highest BCUT2D eigenvalue weighted by molar-refractivity contribution is 8.27. The number of hydrogen-bond donors (Lipinski definition) is 0. The monoisotopic (exact) mass is 608 g/mol. The molecule has 0 bridgehead atoms. The maximum Gasteiger partial charge on any atom is 0.219 e. The molecular formula is C34H22Cl2N2OS2. The first-order valence-electron chi connectivity index (χ1n) is 13.1. The van der Waals surface area contributed by atoms with E-state index in [9.17, 15) is 4.79 Å². The molecule has 5 aromatic carbocycles. The van der Waals surface area contributed by atoms with Crippen molar-refractivity contribution in [3.8, 4) is 0 Å². The summed E-state index contributed by atoms with van der Waals surface area (Å²) in [4.78, 5) is 13.8. The second kappa shape index (κ2) is 10.4. The molecule has 2 aliphatic rings. The number of hydrazone groups is 1. The zero-order valence-electron chi connectivity index (χ0n) is 21.6. The molecule has 2 aliphatic heterocycles. The van der Waals surface area contributed by atoms with Gasteiger partial charge in [0, 0.05) is 21.2 Å². The Morgan fingerprint density at radius 2 is 1.15 bits per heavy atom. The van der Waals surface area contributed by atoms with Crippen molar-refractivity contribution in [1.82, 2.24) is 0 Å². The lowest BCUT2D eigenvalue weighted by Gasteiger charge is -2.37. The molecule has 5 aromatic rings. The molecular weight excluding hydrogens is 587 g/mol. The van der Waals surface area contributed by atoms with Gasteiger partial charge in [-0.1, -0.05) is 144 Å². The quantitative estimate of drug-likeness (QED) is 0.186. The molecule has 0 aromatic heterocycles. The molecule has 1 spiro atoms. The predicted octanol–water partition coefficient (Wildman–Crippen LogP) is 9.59. The molecule has 2 heterocycles. The number of fused-ring (bicyclic) bond motifs is 2. The Labute approximate surface area is 257 Å². The first-order valence-corrected chi connectivity index (χ1v) is 15.4. The molecule has 41 heavy (non-hydrogen) atoms. The van der Waals surface area contributed by atoms with Crippen LogP contribution in [0.25, 0.3) is 0 Å². The minimum Gasteiger partial charge on any atom is -0.286 e. The van der Waals surface area contributed by atoms with E-state index in [1.54, 1.807) is 11.8 Å². The van der Waals surface area contributed by atoms with E-state index in [4.69, 9.17) is 28.3 Å². The lowest BCUT2D eigenvalue weighted by molar-refractivity contribution is 0.106. The van der Waals surface area contributed by atoms with Crippen molar-refractivity contribution in [1.29, 1.82) is 0 Å². The molecule has 0 aliphatic carbocycles. The number of hydrogen-bond acceptors (Lipinski definition) is 5. The van der Waals surface area contributed by atoms with Crippen LogP contribution in [0.15, 0.2) is 139 Å². The summed E-state index contributed by atoms with van der Waals surface area (Å²) in [6, 6.07) is 43.9. The minimum atomic E-state index is -0.767. The molecule has 0 fully saturated rings.